The Balaban J connectivity index is 2.43. The van der Waals surface area contributed by atoms with Crippen LogP contribution in [0.1, 0.15) is 40.5 Å². The van der Waals surface area contributed by atoms with E-state index in [1.54, 1.807) is 0 Å². The summed E-state index contributed by atoms with van der Waals surface area (Å²) in [5.41, 5.74) is 0.231. The second-order valence-corrected chi connectivity index (χ2v) is 6.46. The van der Waals surface area contributed by atoms with Crippen LogP contribution in [0.4, 0.5) is 0 Å². The smallest absolute Gasteiger partial charge is 0.330 e. The summed E-state index contributed by atoms with van der Waals surface area (Å²) in [6.45, 7) is 13.0. The molecule has 0 radical (unpaired) electrons. The molecule has 1 rings (SSSR count). The van der Waals surface area contributed by atoms with E-state index in [0.29, 0.717) is 6.61 Å². The van der Waals surface area contributed by atoms with Crippen molar-refractivity contribution in [2.45, 2.75) is 57.7 Å². The largest absolute Gasteiger partial charge is 0.460 e. The van der Waals surface area contributed by atoms with Crippen LogP contribution in [0.15, 0.2) is 12.7 Å². The lowest BCUT2D eigenvalue weighted by Gasteiger charge is -2.53. The average molecular weight is 269 g/mol. The van der Waals surface area contributed by atoms with Gasteiger partial charge in [0.05, 0.1) is 12.7 Å². The van der Waals surface area contributed by atoms with Crippen molar-refractivity contribution in [2.24, 2.45) is 0 Å². The highest BCUT2D eigenvalue weighted by atomic mass is 16.6. The summed E-state index contributed by atoms with van der Waals surface area (Å²) in [5.74, 6) is -0.396. The van der Waals surface area contributed by atoms with Crippen molar-refractivity contribution < 1.29 is 14.3 Å². The van der Waals surface area contributed by atoms with Crippen molar-refractivity contribution in [3.63, 3.8) is 0 Å². The molecule has 1 aliphatic rings. The Labute approximate surface area is 116 Å². The molecule has 1 saturated heterocycles. The Morgan fingerprint density at radius 2 is 1.79 bits per heavy atom. The van der Waals surface area contributed by atoms with Crippen LogP contribution in [0.5, 0.6) is 0 Å². The molecular weight excluding hydrogens is 242 g/mol. The highest BCUT2D eigenvalue weighted by Crippen LogP contribution is 2.37. The van der Waals surface area contributed by atoms with Crippen LogP contribution in [0, 0.1) is 0 Å². The lowest BCUT2D eigenvalue weighted by Crippen LogP contribution is -2.60. The fraction of sp³-hybridized carbons (Fsp3) is 0.800. The summed E-state index contributed by atoms with van der Waals surface area (Å²) in [5, 5.41) is 0. The van der Waals surface area contributed by atoms with Crippen molar-refractivity contribution in [1.82, 2.24) is 4.90 Å². The van der Waals surface area contributed by atoms with E-state index in [1.165, 1.54) is 6.08 Å². The van der Waals surface area contributed by atoms with Crippen LogP contribution in [-0.4, -0.2) is 48.3 Å². The Morgan fingerprint density at radius 3 is 2.26 bits per heavy atom. The Hall–Kier alpha value is -0.870. The van der Waals surface area contributed by atoms with E-state index in [-0.39, 0.29) is 23.8 Å². The third-order valence-corrected chi connectivity index (χ3v) is 4.12. The van der Waals surface area contributed by atoms with Gasteiger partial charge in [-0.2, -0.15) is 0 Å². The van der Waals surface area contributed by atoms with Crippen LogP contribution in [-0.2, 0) is 14.3 Å². The first-order valence-corrected chi connectivity index (χ1v) is 6.84. The predicted molar refractivity (Wildman–Crippen MR) is 76.1 cm³/mol. The molecule has 1 fully saturated rings. The van der Waals surface area contributed by atoms with Crippen LogP contribution in [0.3, 0.4) is 0 Å². The number of rotatable bonds is 5. The van der Waals surface area contributed by atoms with Gasteiger partial charge in [-0.3, -0.25) is 4.90 Å². The quantitative estimate of drug-likeness (QED) is 0.436. The molecule has 1 aliphatic heterocycles. The van der Waals surface area contributed by atoms with Gasteiger partial charge in [0, 0.05) is 17.2 Å². The number of hydrogen-bond acceptors (Lipinski definition) is 4. The Bertz CT molecular complexity index is 318. The van der Waals surface area contributed by atoms with Crippen LogP contribution >= 0.6 is 0 Å². The molecular formula is C15H27NO3. The highest BCUT2D eigenvalue weighted by Gasteiger charge is 2.43. The molecule has 0 aromatic carbocycles. The lowest BCUT2D eigenvalue weighted by molar-refractivity contribution is -0.142. The van der Waals surface area contributed by atoms with Gasteiger partial charge in [0.15, 0.2) is 0 Å². The zero-order chi connectivity index (χ0) is 14.7. The molecule has 110 valence electrons. The van der Waals surface area contributed by atoms with Gasteiger partial charge in [-0.15, -0.1) is 0 Å². The maximum Gasteiger partial charge on any atom is 0.330 e. The van der Waals surface area contributed by atoms with E-state index in [0.717, 1.165) is 12.8 Å². The number of piperidine rings is 1. The Kier molecular flexibility index (Phi) is 5.16. The summed E-state index contributed by atoms with van der Waals surface area (Å²) in [4.78, 5) is 13.3. The highest BCUT2D eigenvalue weighted by molar-refractivity contribution is 5.81. The number of hydrogen-bond donors (Lipinski definition) is 0. The van der Waals surface area contributed by atoms with Crippen molar-refractivity contribution in [3.05, 3.63) is 12.7 Å². The lowest BCUT2D eigenvalue weighted by atomic mass is 9.79. The molecule has 0 aromatic heterocycles. The van der Waals surface area contributed by atoms with E-state index in [4.69, 9.17) is 9.47 Å². The van der Waals surface area contributed by atoms with Gasteiger partial charge in [0.25, 0.3) is 0 Å². The normalized spacial score (nSPS) is 23.0. The minimum absolute atomic E-state index is 0.115. The van der Waals surface area contributed by atoms with Gasteiger partial charge >= 0.3 is 5.97 Å². The molecule has 0 bridgehead atoms. The molecule has 0 saturated carbocycles. The molecule has 0 atom stereocenters. The number of carbonyl (C=O) groups is 1. The van der Waals surface area contributed by atoms with Crippen LogP contribution in [0.2, 0.25) is 0 Å². The molecule has 0 N–H and O–H groups in total. The summed E-state index contributed by atoms with van der Waals surface area (Å²) < 4.78 is 10.8. The van der Waals surface area contributed by atoms with E-state index in [1.807, 2.05) is 0 Å². The zero-order valence-corrected chi connectivity index (χ0v) is 12.9. The fourth-order valence-corrected chi connectivity index (χ4v) is 2.81. The summed E-state index contributed by atoms with van der Waals surface area (Å²) >= 11 is 0. The van der Waals surface area contributed by atoms with Crippen molar-refractivity contribution in [2.75, 3.05) is 20.3 Å². The first-order valence-electron chi connectivity index (χ1n) is 6.84. The minimum Gasteiger partial charge on any atom is -0.460 e. The fourth-order valence-electron chi connectivity index (χ4n) is 2.81. The van der Waals surface area contributed by atoms with Crippen LogP contribution < -0.4 is 0 Å². The maximum atomic E-state index is 10.9. The van der Waals surface area contributed by atoms with Gasteiger partial charge < -0.3 is 9.47 Å². The predicted octanol–water partition coefficient (Wildman–Crippen LogP) is 2.38. The molecule has 0 aliphatic carbocycles. The number of esters is 1. The molecule has 0 unspecified atom stereocenters. The van der Waals surface area contributed by atoms with Crippen molar-refractivity contribution in [1.29, 1.82) is 0 Å². The number of carbonyl (C=O) groups excluding carboxylic acids is 1. The third-order valence-electron chi connectivity index (χ3n) is 4.12. The van der Waals surface area contributed by atoms with Crippen LogP contribution in [0.25, 0.3) is 0 Å². The first kappa shape index (κ1) is 16.2. The number of ether oxygens (including phenoxy) is 2. The SMILES string of the molecule is C=CC(=O)OCCOC1CC(C)(C)N(C)C(C)(C)C1. The van der Waals surface area contributed by atoms with E-state index < -0.39 is 5.97 Å². The summed E-state index contributed by atoms with van der Waals surface area (Å²) in [6.07, 6.45) is 3.36. The van der Waals surface area contributed by atoms with Gasteiger partial charge in [-0.05, 0) is 47.6 Å². The topological polar surface area (TPSA) is 38.8 Å². The van der Waals surface area contributed by atoms with Gasteiger partial charge in [0.2, 0.25) is 0 Å². The molecule has 0 spiro atoms. The zero-order valence-electron chi connectivity index (χ0n) is 12.9. The molecule has 19 heavy (non-hydrogen) atoms. The monoisotopic (exact) mass is 269 g/mol. The van der Waals surface area contributed by atoms with Gasteiger partial charge in [-0.1, -0.05) is 6.58 Å². The average Bonchev–Trinajstić information content (AvgIpc) is 2.30. The van der Waals surface area contributed by atoms with Crippen molar-refractivity contribution >= 4 is 5.97 Å². The number of nitrogens with zero attached hydrogens (tertiary/aromatic N) is 1. The van der Waals surface area contributed by atoms with E-state index in [9.17, 15) is 4.79 Å². The summed E-state index contributed by atoms with van der Waals surface area (Å²) in [7, 11) is 2.17. The third kappa shape index (κ3) is 4.32. The Morgan fingerprint density at radius 1 is 1.26 bits per heavy atom. The molecule has 1 heterocycles. The minimum atomic E-state index is -0.396. The van der Waals surface area contributed by atoms with Gasteiger partial charge in [0.1, 0.15) is 6.61 Å². The van der Waals surface area contributed by atoms with E-state index >= 15 is 0 Å². The second kappa shape index (κ2) is 6.06. The van der Waals surface area contributed by atoms with E-state index in [2.05, 4.69) is 46.2 Å². The summed E-state index contributed by atoms with van der Waals surface area (Å²) in [6, 6.07) is 0. The second-order valence-electron chi connectivity index (χ2n) is 6.46. The standard InChI is InChI=1S/C15H27NO3/c1-7-13(17)19-9-8-18-12-10-14(2,3)16(6)15(4,5)11-12/h7,12H,1,8-11H2,2-6H3. The molecule has 4 nitrogen and oxygen atoms in total. The molecule has 4 heteroatoms. The van der Waals surface area contributed by atoms with Crippen molar-refractivity contribution in [3.8, 4) is 0 Å². The first-order chi connectivity index (χ1) is 8.69. The molecule has 0 amide bonds. The number of likely N-dealkylation sites (tertiary alicyclic amines) is 1. The maximum absolute atomic E-state index is 10.9. The molecule has 0 aromatic rings. The van der Waals surface area contributed by atoms with Gasteiger partial charge in [-0.25, -0.2) is 4.79 Å².